The minimum Gasteiger partial charge on any atom is -0.497 e. The minimum atomic E-state index is -1.02. The van der Waals surface area contributed by atoms with Gasteiger partial charge in [0.05, 0.1) is 12.7 Å². The van der Waals surface area contributed by atoms with Crippen LogP contribution in [0.3, 0.4) is 0 Å². The summed E-state index contributed by atoms with van der Waals surface area (Å²) in [4.78, 5) is 37.9. The van der Waals surface area contributed by atoms with Crippen LogP contribution in [-0.2, 0) is 16.1 Å². The molecule has 6 heteroatoms. The van der Waals surface area contributed by atoms with Crippen LogP contribution in [0.15, 0.2) is 78.9 Å². The lowest BCUT2D eigenvalue weighted by molar-refractivity contribution is -0.129. The highest BCUT2D eigenvalue weighted by molar-refractivity contribution is 6.14. The van der Waals surface area contributed by atoms with E-state index in [0.29, 0.717) is 5.56 Å². The zero-order chi connectivity index (χ0) is 22.2. The summed E-state index contributed by atoms with van der Waals surface area (Å²) in [6.45, 7) is 1.77. The van der Waals surface area contributed by atoms with E-state index >= 15 is 0 Å². The van der Waals surface area contributed by atoms with Crippen molar-refractivity contribution in [2.75, 3.05) is 7.11 Å². The van der Waals surface area contributed by atoms with Gasteiger partial charge in [-0.05, 0) is 30.7 Å². The number of carbonyl (C=O) groups excluding carboxylic acids is 3. The van der Waals surface area contributed by atoms with E-state index in [4.69, 9.17) is 9.47 Å². The lowest BCUT2D eigenvalue weighted by Gasteiger charge is -2.15. The van der Waals surface area contributed by atoms with Crippen molar-refractivity contribution in [3.8, 4) is 5.75 Å². The van der Waals surface area contributed by atoms with Gasteiger partial charge in [-0.25, -0.2) is 4.79 Å². The summed E-state index contributed by atoms with van der Waals surface area (Å²) < 4.78 is 10.4. The number of esters is 1. The van der Waals surface area contributed by atoms with Crippen molar-refractivity contribution in [2.45, 2.75) is 19.6 Å². The van der Waals surface area contributed by atoms with Crippen LogP contribution >= 0.6 is 0 Å². The number of ether oxygens (including phenoxy) is 2. The highest BCUT2D eigenvalue weighted by atomic mass is 16.5. The first-order valence-corrected chi connectivity index (χ1v) is 9.80. The predicted molar refractivity (Wildman–Crippen MR) is 116 cm³/mol. The van der Waals surface area contributed by atoms with Gasteiger partial charge in [0.15, 0.2) is 11.9 Å². The van der Waals surface area contributed by atoms with Gasteiger partial charge in [-0.3, -0.25) is 9.59 Å². The van der Waals surface area contributed by atoms with Crippen molar-refractivity contribution in [1.29, 1.82) is 0 Å². The van der Waals surface area contributed by atoms with E-state index in [1.807, 2.05) is 18.2 Å². The van der Waals surface area contributed by atoms with Gasteiger partial charge in [-0.1, -0.05) is 60.7 Å². The molecule has 1 atom stereocenters. The molecule has 3 aromatic carbocycles. The number of nitrogens with one attached hydrogen (secondary N) is 1. The first-order valence-electron chi connectivity index (χ1n) is 9.80. The summed E-state index contributed by atoms with van der Waals surface area (Å²) >= 11 is 0. The third kappa shape index (κ3) is 5.57. The van der Waals surface area contributed by atoms with Crippen LogP contribution in [0.1, 0.15) is 38.8 Å². The Kier molecular flexibility index (Phi) is 7.17. The zero-order valence-electron chi connectivity index (χ0n) is 17.3. The van der Waals surface area contributed by atoms with Gasteiger partial charge in [0.2, 0.25) is 0 Å². The molecule has 0 aliphatic rings. The van der Waals surface area contributed by atoms with E-state index in [0.717, 1.165) is 11.3 Å². The molecule has 0 radical (unpaired) electrons. The molecule has 6 nitrogen and oxygen atoms in total. The Morgan fingerprint density at radius 1 is 0.839 bits per heavy atom. The van der Waals surface area contributed by atoms with Gasteiger partial charge in [0.25, 0.3) is 5.91 Å². The monoisotopic (exact) mass is 417 g/mol. The van der Waals surface area contributed by atoms with Crippen molar-refractivity contribution < 1.29 is 23.9 Å². The summed E-state index contributed by atoms with van der Waals surface area (Å²) in [5.74, 6) is -0.728. The molecule has 31 heavy (non-hydrogen) atoms. The second-order valence-electron chi connectivity index (χ2n) is 6.85. The van der Waals surface area contributed by atoms with Crippen LogP contribution < -0.4 is 10.1 Å². The van der Waals surface area contributed by atoms with Crippen molar-refractivity contribution in [1.82, 2.24) is 5.32 Å². The van der Waals surface area contributed by atoms with Gasteiger partial charge >= 0.3 is 5.97 Å². The fourth-order valence-electron chi connectivity index (χ4n) is 2.96. The van der Waals surface area contributed by atoms with Crippen LogP contribution in [0.5, 0.6) is 5.75 Å². The number of methoxy groups -OCH3 is 1. The third-order valence-electron chi connectivity index (χ3n) is 4.71. The van der Waals surface area contributed by atoms with E-state index in [1.54, 1.807) is 61.7 Å². The molecule has 0 heterocycles. The van der Waals surface area contributed by atoms with E-state index in [9.17, 15) is 14.4 Å². The number of benzene rings is 3. The van der Waals surface area contributed by atoms with Gasteiger partial charge in [0.1, 0.15) is 5.75 Å². The molecular weight excluding hydrogens is 394 g/mol. The maximum Gasteiger partial charge on any atom is 0.339 e. The fraction of sp³-hybridized carbons (Fsp3) is 0.160. The Morgan fingerprint density at radius 3 is 2.10 bits per heavy atom. The van der Waals surface area contributed by atoms with Crippen molar-refractivity contribution in [3.05, 3.63) is 101 Å². The largest absolute Gasteiger partial charge is 0.497 e. The molecule has 3 aromatic rings. The summed E-state index contributed by atoms with van der Waals surface area (Å²) in [5, 5.41) is 2.73. The molecule has 0 bridgehead atoms. The molecule has 3 rings (SSSR count). The Labute approximate surface area is 180 Å². The first-order chi connectivity index (χ1) is 15.0. The van der Waals surface area contributed by atoms with Gasteiger partial charge in [-0.2, -0.15) is 0 Å². The highest BCUT2D eigenvalue weighted by Crippen LogP contribution is 2.17. The van der Waals surface area contributed by atoms with Crippen LogP contribution in [0.4, 0.5) is 0 Å². The molecule has 0 aromatic heterocycles. The van der Waals surface area contributed by atoms with Gasteiger partial charge in [0, 0.05) is 17.7 Å². The SMILES string of the molecule is COc1ccc(CNC(=O)[C@H](C)OC(=O)c2ccccc2C(=O)c2ccccc2)cc1. The highest BCUT2D eigenvalue weighted by Gasteiger charge is 2.23. The molecule has 0 aliphatic heterocycles. The van der Waals surface area contributed by atoms with Gasteiger partial charge in [-0.15, -0.1) is 0 Å². The quantitative estimate of drug-likeness (QED) is 0.446. The van der Waals surface area contributed by atoms with Crippen LogP contribution in [-0.4, -0.2) is 30.9 Å². The normalized spacial score (nSPS) is 11.3. The zero-order valence-corrected chi connectivity index (χ0v) is 17.3. The molecule has 0 saturated carbocycles. The average Bonchev–Trinajstić information content (AvgIpc) is 2.82. The fourth-order valence-corrected chi connectivity index (χ4v) is 2.96. The Morgan fingerprint density at radius 2 is 1.45 bits per heavy atom. The van der Waals surface area contributed by atoms with Crippen molar-refractivity contribution >= 4 is 17.7 Å². The second kappa shape index (κ2) is 10.2. The second-order valence-corrected chi connectivity index (χ2v) is 6.85. The molecule has 0 aliphatic carbocycles. The molecular formula is C25H23NO5. The number of hydrogen-bond acceptors (Lipinski definition) is 5. The summed E-state index contributed by atoms with van der Waals surface area (Å²) in [7, 11) is 1.58. The average molecular weight is 417 g/mol. The Balaban J connectivity index is 1.64. The third-order valence-corrected chi connectivity index (χ3v) is 4.71. The molecule has 0 fully saturated rings. The smallest absolute Gasteiger partial charge is 0.339 e. The molecule has 1 N–H and O–H groups in total. The topological polar surface area (TPSA) is 81.7 Å². The molecule has 0 spiro atoms. The van der Waals surface area contributed by atoms with E-state index in [1.165, 1.54) is 13.0 Å². The number of carbonyl (C=O) groups is 3. The predicted octanol–water partition coefficient (Wildman–Crippen LogP) is 3.79. The molecule has 0 unspecified atom stereocenters. The van der Waals surface area contributed by atoms with Crippen LogP contribution in [0, 0.1) is 0 Å². The summed E-state index contributed by atoms with van der Waals surface area (Å²) in [5.41, 5.74) is 1.69. The molecule has 158 valence electrons. The number of ketones is 1. The van der Waals surface area contributed by atoms with E-state index in [-0.39, 0.29) is 23.5 Å². The number of hydrogen-bond donors (Lipinski definition) is 1. The molecule has 1 amide bonds. The number of amides is 1. The van der Waals surface area contributed by atoms with Gasteiger partial charge < -0.3 is 14.8 Å². The minimum absolute atomic E-state index is 0.117. The first kappa shape index (κ1) is 21.8. The summed E-state index contributed by atoms with van der Waals surface area (Å²) in [6.07, 6.45) is -1.02. The van der Waals surface area contributed by atoms with Crippen LogP contribution in [0.25, 0.3) is 0 Å². The van der Waals surface area contributed by atoms with E-state index in [2.05, 4.69) is 5.32 Å². The van der Waals surface area contributed by atoms with Crippen LogP contribution in [0.2, 0.25) is 0 Å². The maximum atomic E-state index is 12.8. The number of rotatable bonds is 8. The Bertz CT molecular complexity index is 1060. The van der Waals surface area contributed by atoms with Crippen molar-refractivity contribution in [2.24, 2.45) is 0 Å². The lowest BCUT2D eigenvalue weighted by atomic mass is 9.98. The maximum absolute atomic E-state index is 12.8. The van der Waals surface area contributed by atoms with E-state index < -0.39 is 18.0 Å². The molecule has 0 saturated heterocycles. The Hall–Kier alpha value is -3.93. The standard InChI is InChI=1S/C25H23NO5/c1-17(24(28)26-16-18-12-14-20(30-2)15-13-18)31-25(29)22-11-7-6-10-21(22)23(27)19-8-4-3-5-9-19/h3-15,17H,16H2,1-2H3,(H,26,28)/t17-/m0/s1. The summed E-state index contributed by atoms with van der Waals surface area (Å²) in [6, 6.07) is 22.3. The lowest BCUT2D eigenvalue weighted by Crippen LogP contribution is -2.35. The van der Waals surface area contributed by atoms with Crippen molar-refractivity contribution in [3.63, 3.8) is 0 Å².